The molecular weight excluding hydrogens is 326 g/mol. The fourth-order valence-corrected chi connectivity index (χ4v) is 2.53. The van der Waals surface area contributed by atoms with Crippen molar-refractivity contribution in [3.63, 3.8) is 0 Å². The largest absolute Gasteiger partial charge is 0.334 e. The summed E-state index contributed by atoms with van der Waals surface area (Å²) in [6, 6.07) is 26.0. The van der Waals surface area contributed by atoms with Crippen LogP contribution in [0.15, 0.2) is 89.5 Å². The van der Waals surface area contributed by atoms with Gasteiger partial charge in [-0.3, -0.25) is 4.79 Å². The van der Waals surface area contributed by atoms with Crippen molar-refractivity contribution in [2.24, 2.45) is 0 Å². The number of amides is 1. The zero-order valence-electron chi connectivity index (χ0n) is 13.8. The van der Waals surface area contributed by atoms with E-state index in [0.29, 0.717) is 17.3 Å². The Hall–Kier alpha value is -3.73. The molecule has 0 saturated heterocycles. The maximum Gasteiger partial charge on any atom is 0.258 e. The highest BCUT2D eigenvalue weighted by molar-refractivity contribution is 6.04. The molecule has 26 heavy (non-hydrogen) atoms. The molecular formula is C21H15N3O2. The lowest BCUT2D eigenvalue weighted by Crippen LogP contribution is -2.11. The molecule has 0 saturated carbocycles. The first-order valence-corrected chi connectivity index (χ1v) is 8.15. The van der Waals surface area contributed by atoms with Crippen LogP contribution in [-0.2, 0) is 0 Å². The van der Waals surface area contributed by atoms with Crippen LogP contribution in [0.2, 0.25) is 0 Å². The molecule has 126 valence electrons. The zero-order chi connectivity index (χ0) is 17.8. The van der Waals surface area contributed by atoms with Gasteiger partial charge < -0.3 is 9.84 Å². The van der Waals surface area contributed by atoms with E-state index in [0.717, 1.165) is 16.8 Å². The van der Waals surface area contributed by atoms with Gasteiger partial charge in [-0.1, -0.05) is 53.7 Å². The van der Waals surface area contributed by atoms with Gasteiger partial charge in [-0.2, -0.15) is 4.98 Å². The summed E-state index contributed by atoms with van der Waals surface area (Å²) < 4.78 is 5.34. The van der Waals surface area contributed by atoms with Gasteiger partial charge in [0.1, 0.15) is 0 Å². The number of nitrogens with zero attached hydrogens (tertiary/aromatic N) is 2. The summed E-state index contributed by atoms with van der Waals surface area (Å²) in [4.78, 5) is 16.7. The summed E-state index contributed by atoms with van der Waals surface area (Å²) in [5, 5.41) is 6.86. The number of para-hydroxylation sites is 1. The summed E-state index contributed by atoms with van der Waals surface area (Å²) in [7, 11) is 0. The molecule has 0 spiro atoms. The van der Waals surface area contributed by atoms with Crippen LogP contribution in [0.3, 0.4) is 0 Å². The standard InChI is InChI=1S/C21H15N3O2/c25-20(22-18-9-5-2-6-10-18)16-11-13-17(14-12-16)21-23-19(24-26-21)15-7-3-1-4-8-15/h1-14H,(H,22,25). The van der Waals surface area contributed by atoms with Crippen molar-refractivity contribution in [1.29, 1.82) is 0 Å². The number of hydrogen-bond donors (Lipinski definition) is 1. The summed E-state index contributed by atoms with van der Waals surface area (Å²) in [5.41, 5.74) is 2.96. The van der Waals surface area contributed by atoms with E-state index in [1.807, 2.05) is 60.7 Å². The Morgan fingerprint density at radius 1 is 0.769 bits per heavy atom. The first-order valence-electron chi connectivity index (χ1n) is 8.15. The normalized spacial score (nSPS) is 10.5. The fraction of sp³-hybridized carbons (Fsp3) is 0. The molecule has 1 heterocycles. The van der Waals surface area contributed by atoms with E-state index in [-0.39, 0.29) is 5.91 Å². The van der Waals surface area contributed by atoms with Crippen molar-refractivity contribution in [2.45, 2.75) is 0 Å². The third-order valence-corrected chi connectivity index (χ3v) is 3.88. The van der Waals surface area contributed by atoms with Gasteiger partial charge in [0.15, 0.2) is 0 Å². The number of benzene rings is 3. The zero-order valence-corrected chi connectivity index (χ0v) is 13.8. The van der Waals surface area contributed by atoms with Crippen LogP contribution in [0, 0.1) is 0 Å². The minimum atomic E-state index is -0.168. The minimum Gasteiger partial charge on any atom is -0.334 e. The summed E-state index contributed by atoms with van der Waals surface area (Å²) >= 11 is 0. The SMILES string of the molecule is O=C(Nc1ccccc1)c1ccc(-c2nc(-c3ccccc3)no2)cc1. The first kappa shape index (κ1) is 15.8. The van der Waals surface area contributed by atoms with Gasteiger partial charge in [0.25, 0.3) is 11.8 Å². The predicted molar refractivity (Wildman–Crippen MR) is 99.6 cm³/mol. The Morgan fingerprint density at radius 3 is 2.12 bits per heavy atom. The number of nitrogens with one attached hydrogen (secondary N) is 1. The Kier molecular flexibility index (Phi) is 4.26. The Bertz CT molecular complexity index is 1010. The van der Waals surface area contributed by atoms with Gasteiger partial charge >= 0.3 is 0 Å². The van der Waals surface area contributed by atoms with Crippen LogP contribution in [0.1, 0.15) is 10.4 Å². The van der Waals surface area contributed by atoms with Crippen molar-refractivity contribution in [3.05, 3.63) is 90.5 Å². The van der Waals surface area contributed by atoms with E-state index in [1.165, 1.54) is 0 Å². The Labute approximate surface area is 150 Å². The molecule has 1 aromatic heterocycles. The molecule has 0 aliphatic carbocycles. The number of hydrogen-bond acceptors (Lipinski definition) is 4. The molecule has 4 rings (SSSR count). The van der Waals surface area contributed by atoms with Gasteiger partial charge in [-0.25, -0.2) is 0 Å². The highest BCUT2D eigenvalue weighted by Gasteiger charge is 2.12. The average Bonchev–Trinajstić information content (AvgIpc) is 3.20. The molecule has 0 bridgehead atoms. The summed E-state index contributed by atoms with van der Waals surface area (Å²) in [5.74, 6) is 0.781. The highest BCUT2D eigenvalue weighted by atomic mass is 16.5. The van der Waals surface area contributed by atoms with Gasteiger partial charge in [-0.15, -0.1) is 0 Å². The van der Waals surface area contributed by atoms with Crippen LogP contribution < -0.4 is 5.32 Å². The van der Waals surface area contributed by atoms with Crippen molar-refractivity contribution in [2.75, 3.05) is 5.32 Å². The van der Waals surface area contributed by atoms with Gasteiger partial charge in [0.05, 0.1) is 0 Å². The molecule has 3 aromatic carbocycles. The molecule has 0 atom stereocenters. The lowest BCUT2D eigenvalue weighted by atomic mass is 10.1. The van der Waals surface area contributed by atoms with Crippen LogP contribution >= 0.6 is 0 Å². The lowest BCUT2D eigenvalue weighted by molar-refractivity contribution is 0.102. The molecule has 0 aliphatic heterocycles. The fourth-order valence-electron chi connectivity index (χ4n) is 2.53. The Morgan fingerprint density at radius 2 is 1.42 bits per heavy atom. The van der Waals surface area contributed by atoms with E-state index < -0.39 is 0 Å². The van der Waals surface area contributed by atoms with Gasteiger partial charge in [-0.05, 0) is 36.4 Å². The quantitative estimate of drug-likeness (QED) is 0.586. The molecule has 5 nitrogen and oxygen atoms in total. The molecule has 0 fully saturated rings. The minimum absolute atomic E-state index is 0.168. The Balaban J connectivity index is 1.51. The molecule has 4 aromatic rings. The van der Waals surface area contributed by atoms with E-state index in [4.69, 9.17) is 4.52 Å². The molecule has 5 heteroatoms. The van der Waals surface area contributed by atoms with Crippen LogP contribution in [0.5, 0.6) is 0 Å². The number of carbonyl (C=O) groups excluding carboxylic acids is 1. The second kappa shape index (κ2) is 7.03. The molecule has 1 N–H and O–H groups in total. The van der Waals surface area contributed by atoms with E-state index >= 15 is 0 Å². The van der Waals surface area contributed by atoms with Crippen molar-refractivity contribution >= 4 is 11.6 Å². The van der Waals surface area contributed by atoms with E-state index in [2.05, 4.69) is 15.5 Å². The molecule has 0 unspecified atom stereocenters. The second-order valence-corrected chi connectivity index (χ2v) is 5.69. The predicted octanol–water partition coefficient (Wildman–Crippen LogP) is 4.66. The highest BCUT2D eigenvalue weighted by Crippen LogP contribution is 2.22. The van der Waals surface area contributed by atoms with Crippen molar-refractivity contribution in [3.8, 4) is 22.8 Å². The monoisotopic (exact) mass is 341 g/mol. The van der Waals surface area contributed by atoms with Gasteiger partial charge in [0.2, 0.25) is 5.82 Å². The van der Waals surface area contributed by atoms with Gasteiger partial charge in [0, 0.05) is 22.4 Å². The third kappa shape index (κ3) is 3.37. The van der Waals surface area contributed by atoms with Crippen LogP contribution in [0.4, 0.5) is 5.69 Å². The molecule has 0 aliphatic rings. The first-order chi connectivity index (χ1) is 12.8. The topological polar surface area (TPSA) is 68.0 Å². The van der Waals surface area contributed by atoms with Crippen molar-refractivity contribution < 1.29 is 9.32 Å². The van der Waals surface area contributed by atoms with E-state index in [9.17, 15) is 4.79 Å². The molecule has 1 amide bonds. The number of rotatable bonds is 4. The second-order valence-electron chi connectivity index (χ2n) is 5.69. The maximum absolute atomic E-state index is 12.3. The average molecular weight is 341 g/mol. The van der Waals surface area contributed by atoms with Crippen molar-refractivity contribution in [1.82, 2.24) is 10.1 Å². The number of aromatic nitrogens is 2. The van der Waals surface area contributed by atoms with E-state index in [1.54, 1.807) is 24.3 Å². The maximum atomic E-state index is 12.3. The smallest absolute Gasteiger partial charge is 0.258 e. The number of anilines is 1. The number of carbonyl (C=O) groups is 1. The van der Waals surface area contributed by atoms with Crippen LogP contribution in [0.25, 0.3) is 22.8 Å². The lowest BCUT2D eigenvalue weighted by Gasteiger charge is -2.05. The summed E-state index contributed by atoms with van der Waals surface area (Å²) in [6.07, 6.45) is 0. The van der Waals surface area contributed by atoms with Crippen LogP contribution in [-0.4, -0.2) is 16.0 Å². The summed E-state index contributed by atoms with van der Waals surface area (Å²) in [6.45, 7) is 0. The third-order valence-electron chi connectivity index (χ3n) is 3.88. The molecule has 0 radical (unpaired) electrons.